The summed E-state index contributed by atoms with van der Waals surface area (Å²) in [5.74, 6) is -1.10. The molecule has 0 radical (unpaired) electrons. The zero-order chi connectivity index (χ0) is 15.2. The Bertz CT molecular complexity index is 614. The normalized spacial score (nSPS) is 11.9. The highest BCUT2D eigenvalue weighted by Gasteiger charge is 2.20. The maximum Gasteiger partial charge on any atom is 0.326 e. The maximum atomic E-state index is 11.7. The smallest absolute Gasteiger partial charge is 0.326 e. The molecule has 0 aromatic carbocycles. The van der Waals surface area contributed by atoms with Crippen molar-refractivity contribution in [2.24, 2.45) is 0 Å². The number of carboxylic acid groups (broad SMARTS) is 1. The third kappa shape index (κ3) is 4.87. The van der Waals surface area contributed by atoms with Gasteiger partial charge in [0, 0.05) is 23.2 Å². The van der Waals surface area contributed by atoms with E-state index in [2.05, 4.69) is 36.5 Å². The van der Waals surface area contributed by atoms with Crippen LogP contribution in [0.25, 0.3) is 0 Å². The molecule has 0 saturated heterocycles. The van der Waals surface area contributed by atoms with Crippen molar-refractivity contribution in [1.82, 2.24) is 20.6 Å². The highest BCUT2D eigenvalue weighted by atomic mass is 79.9. The first-order valence-electron chi connectivity index (χ1n) is 6.03. The molecular formula is C12H13BrN4O3S. The van der Waals surface area contributed by atoms with Crippen LogP contribution in [-0.4, -0.2) is 33.1 Å². The molecule has 2 aromatic rings. The van der Waals surface area contributed by atoms with Gasteiger partial charge in [-0.25, -0.2) is 14.6 Å². The van der Waals surface area contributed by atoms with Gasteiger partial charge in [-0.15, -0.1) is 11.3 Å². The van der Waals surface area contributed by atoms with Gasteiger partial charge >= 0.3 is 12.0 Å². The first-order valence-corrected chi connectivity index (χ1v) is 7.64. The number of rotatable bonds is 6. The lowest BCUT2D eigenvalue weighted by Crippen LogP contribution is -2.46. The van der Waals surface area contributed by atoms with Gasteiger partial charge in [0.15, 0.2) is 0 Å². The lowest BCUT2D eigenvalue weighted by Gasteiger charge is -2.14. The number of nitrogens with zero attached hydrogens (tertiary/aromatic N) is 1. The topological polar surface area (TPSA) is 107 Å². The molecule has 2 rings (SSSR count). The fourth-order valence-electron chi connectivity index (χ4n) is 1.64. The molecule has 0 spiro atoms. The number of aliphatic carboxylic acids is 1. The van der Waals surface area contributed by atoms with Gasteiger partial charge < -0.3 is 20.7 Å². The van der Waals surface area contributed by atoms with Crippen LogP contribution in [0.2, 0.25) is 0 Å². The molecule has 0 unspecified atom stereocenters. The molecule has 2 aromatic heterocycles. The van der Waals surface area contributed by atoms with Gasteiger partial charge in [-0.1, -0.05) is 0 Å². The van der Waals surface area contributed by atoms with Crippen molar-refractivity contribution >= 4 is 39.3 Å². The van der Waals surface area contributed by atoms with E-state index in [-0.39, 0.29) is 6.42 Å². The molecule has 0 saturated carbocycles. The van der Waals surface area contributed by atoms with Gasteiger partial charge in [-0.2, -0.15) is 0 Å². The van der Waals surface area contributed by atoms with Crippen molar-refractivity contribution < 1.29 is 14.7 Å². The number of carboxylic acids is 1. The van der Waals surface area contributed by atoms with Gasteiger partial charge in [-0.05, 0) is 28.1 Å². The summed E-state index contributed by atoms with van der Waals surface area (Å²) in [6, 6.07) is 2.23. The molecule has 0 aliphatic carbocycles. The summed E-state index contributed by atoms with van der Waals surface area (Å²) in [6.07, 6.45) is 3.13. The zero-order valence-electron chi connectivity index (χ0n) is 10.8. The Morgan fingerprint density at radius 1 is 1.48 bits per heavy atom. The third-order valence-corrected chi connectivity index (χ3v) is 4.26. The van der Waals surface area contributed by atoms with Crippen LogP contribution in [0.15, 0.2) is 28.4 Å². The second-order valence-corrected chi connectivity index (χ2v) is 6.75. The molecule has 112 valence electrons. The van der Waals surface area contributed by atoms with E-state index < -0.39 is 18.0 Å². The van der Waals surface area contributed by atoms with E-state index in [0.717, 1.165) is 8.66 Å². The highest BCUT2D eigenvalue weighted by molar-refractivity contribution is 9.11. The first kappa shape index (κ1) is 15.5. The predicted molar refractivity (Wildman–Crippen MR) is 81.1 cm³/mol. The van der Waals surface area contributed by atoms with Gasteiger partial charge in [0.05, 0.1) is 16.7 Å². The van der Waals surface area contributed by atoms with E-state index in [9.17, 15) is 9.59 Å². The van der Waals surface area contributed by atoms with Gasteiger partial charge in [0.2, 0.25) is 0 Å². The van der Waals surface area contributed by atoms with Crippen LogP contribution >= 0.6 is 27.3 Å². The Morgan fingerprint density at radius 2 is 2.29 bits per heavy atom. The lowest BCUT2D eigenvalue weighted by atomic mass is 10.2. The van der Waals surface area contributed by atoms with Crippen LogP contribution in [-0.2, 0) is 17.8 Å². The minimum absolute atomic E-state index is 0.146. The molecule has 21 heavy (non-hydrogen) atoms. The second-order valence-electron chi connectivity index (χ2n) is 4.20. The number of imidazole rings is 1. The fourth-order valence-corrected chi connectivity index (χ4v) is 3.06. The van der Waals surface area contributed by atoms with Crippen molar-refractivity contribution in [3.8, 4) is 0 Å². The van der Waals surface area contributed by atoms with Crippen LogP contribution in [0.1, 0.15) is 10.6 Å². The Kier molecular flexibility index (Phi) is 5.34. The number of hydrogen-bond acceptors (Lipinski definition) is 4. The Hall–Kier alpha value is -1.87. The van der Waals surface area contributed by atoms with Gasteiger partial charge in [0.25, 0.3) is 0 Å². The van der Waals surface area contributed by atoms with Crippen molar-refractivity contribution in [2.45, 2.75) is 19.0 Å². The molecular weight excluding hydrogens is 360 g/mol. The predicted octanol–water partition coefficient (Wildman–Crippen LogP) is 1.73. The number of aromatic nitrogens is 2. The summed E-state index contributed by atoms with van der Waals surface area (Å²) in [4.78, 5) is 30.5. The van der Waals surface area contributed by atoms with Crippen LogP contribution in [0.3, 0.4) is 0 Å². The quantitative estimate of drug-likeness (QED) is 0.619. The number of hydrogen-bond donors (Lipinski definition) is 4. The van der Waals surface area contributed by atoms with Crippen LogP contribution < -0.4 is 10.6 Å². The van der Waals surface area contributed by atoms with E-state index in [1.807, 2.05) is 12.1 Å². The van der Waals surface area contributed by atoms with E-state index in [0.29, 0.717) is 12.2 Å². The molecule has 0 aliphatic rings. The van der Waals surface area contributed by atoms with Crippen LogP contribution in [0, 0.1) is 0 Å². The number of carbonyl (C=O) groups excluding carboxylic acids is 1. The molecule has 2 amide bonds. The summed E-state index contributed by atoms with van der Waals surface area (Å²) in [6.45, 7) is 0.346. The lowest BCUT2D eigenvalue weighted by molar-refractivity contribution is -0.139. The van der Waals surface area contributed by atoms with E-state index in [1.165, 1.54) is 23.9 Å². The largest absolute Gasteiger partial charge is 0.480 e. The first-order chi connectivity index (χ1) is 10.0. The molecule has 7 nitrogen and oxygen atoms in total. The average molecular weight is 373 g/mol. The summed E-state index contributed by atoms with van der Waals surface area (Å²) >= 11 is 4.84. The van der Waals surface area contributed by atoms with Crippen molar-refractivity contribution in [3.63, 3.8) is 0 Å². The van der Waals surface area contributed by atoms with Gasteiger partial charge in [0.1, 0.15) is 6.04 Å². The second kappa shape index (κ2) is 7.23. The minimum Gasteiger partial charge on any atom is -0.480 e. The molecule has 9 heteroatoms. The van der Waals surface area contributed by atoms with E-state index in [4.69, 9.17) is 5.11 Å². The van der Waals surface area contributed by atoms with Crippen molar-refractivity contribution in [3.05, 3.63) is 39.0 Å². The minimum atomic E-state index is -1.10. The SMILES string of the molecule is O=C(NCc1ccc(Br)s1)N[C@H](Cc1cnc[nH]1)C(=O)O. The summed E-state index contributed by atoms with van der Waals surface area (Å²) in [5.41, 5.74) is 0.643. The summed E-state index contributed by atoms with van der Waals surface area (Å²) in [5, 5.41) is 14.2. The van der Waals surface area contributed by atoms with Gasteiger partial charge in [-0.3, -0.25) is 0 Å². The number of thiophene rings is 1. The fraction of sp³-hybridized carbons (Fsp3) is 0.250. The Balaban J connectivity index is 1.84. The van der Waals surface area contributed by atoms with Crippen molar-refractivity contribution in [1.29, 1.82) is 0 Å². The molecule has 0 fully saturated rings. The third-order valence-electron chi connectivity index (χ3n) is 2.63. The Morgan fingerprint density at radius 3 is 2.86 bits per heavy atom. The molecule has 1 atom stereocenters. The molecule has 0 bridgehead atoms. The molecule has 4 N–H and O–H groups in total. The number of aromatic amines is 1. The number of nitrogens with one attached hydrogen (secondary N) is 3. The standard InChI is InChI=1S/C12H13BrN4O3S/c13-10-2-1-8(21-10)5-15-12(20)17-9(11(18)19)3-7-4-14-6-16-7/h1-2,4,6,9H,3,5H2,(H,14,16)(H,18,19)(H2,15,17,20)/t9-/m1/s1. The maximum absolute atomic E-state index is 11.7. The number of urea groups is 1. The summed E-state index contributed by atoms with van der Waals surface area (Å²) < 4.78 is 0.974. The Labute approximate surface area is 132 Å². The van der Waals surface area contributed by atoms with Crippen molar-refractivity contribution in [2.75, 3.05) is 0 Å². The summed E-state index contributed by atoms with van der Waals surface area (Å²) in [7, 11) is 0. The number of amides is 2. The molecule has 2 heterocycles. The zero-order valence-corrected chi connectivity index (χ0v) is 13.2. The number of carbonyl (C=O) groups is 2. The van der Waals surface area contributed by atoms with E-state index >= 15 is 0 Å². The van der Waals surface area contributed by atoms with E-state index in [1.54, 1.807) is 0 Å². The highest BCUT2D eigenvalue weighted by Crippen LogP contribution is 2.21. The van der Waals surface area contributed by atoms with Crippen LogP contribution in [0.4, 0.5) is 4.79 Å². The monoisotopic (exact) mass is 372 g/mol. The van der Waals surface area contributed by atoms with Crippen LogP contribution in [0.5, 0.6) is 0 Å². The number of halogens is 1. The number of H-pyrrole nitrogens is 1. The average Bonchev–Trinajstić information content (AvgIpc) is 3.07. The molecule has 0 aliphatic heterocycles.